The van der Waals surface area contributed by atoms with Crippen LogP contribution in [0.5, 0.6) is 0 Å². The monoisotopic (exact) mass is 294 g/mol. The van der Waals surface area contributed by atoms with Gasteiger partial charge in [-0.15, -0.1) is 0 Å². The molecule has 2 N–H and O–H groups in total. The second kappa shape index (κ2) is 7.45. The lowest BCUT2D eigenvalue weighted by Gasteiger charge is -2.34. The molecule has 2 atom stereocenters. The van der Waals surface area contributed by atoms with Gasteiger partial charge in [0.15, 0.2) is 0 Å². The highest BCUT2D eigenvalue weighted by molar-refractivity contribution is 5.89. The first kappa shape index (κ1) is 15.8. The Labute approximate surface area is 126 Å². The van der Waals surface area contributed by atoms with E-state index in [0.29, 0.717) is 11.6 Å². The van der Waals surface area contributed by atoms with E-state index in [1.807, 2.05) is 7.05 Å². The van der Waals surface area contributed by atoms with Crippen molar-refractivity contribution in [3.05, 3.63) is 12.4 Å². The van der Waals surface area contributed by atoms with E-state index in [-0.39, 0.29) is 18.2 Å². The Morgan fingerprint density at radius 3 is 2.90 bits per heavy atom. The molecule has 1 aliphatic rings. The van der Waals surface area contributed by atoms with Crippen molar-refractivity contribution < 1.29 is 9.53 Å². The zero-order valence-corrected chi connectivity index (χ0v) is 13.1. The van der Waals surface area contributed by atoms with Gasteiger partial charge < -0.3 is 15.4 Å². The molecule has 118 valence electrons. The maximum Gasteiger partial charge on any atom is 0.319 e. The minimum absolute atomic E-state index is 0.168. The number of carbonyl (C=O) groups is 1. The molecule has 0 spiro atoms. The van der Waals surface area contributed by atoms with Gasteiger partial charge in [0.25, 0.3) is 0 Å². The number of hydrogen-bond acceptors (Lipinski definition) is 3. The van der Waals surface area contributed by atoms with Gasteiger partial charge in [-0.3, -0.25) is 4.68 Å². The number of hydrogen-bond donors (Lipinski definition) is 2. The standard InChI is InChI=1S/C15H26N4O2/c1-4-11(5-2)14-8-12(6-7-21-14)17-15(20)18-13-9-16-19(3)10-13/h9-12,14H,4-8H2,1-3H3,(H2,17,18,20)/t12-,14-/m0/s1. The van der Waals surface area contributed by atoms with E-state index in [0.717, 1.165) is 32.3 Å². The molecule has 6 nitrogen and oxygen atoms in total. The summed E-state index contributed by atoms with van der Waals surface area (Å²) in [4.78, 5) is 12.0. The lowest BCUT2D eigenvalue weighted by molar-refractivity contribution is -0.0329. The maximum atomic E-state index is 12.0. The highest BCUT2D eigenvalue weighted by Crippen LogP contribution is 2.25. The van der Waals surface area contributed by atoms with Gasteiger partial charge in [0.1, 0.15) is 0 Å². The van der Waals surface area contributed by atoms with Crippen LogP contribution in [0.15, 0.2) is 12.4 Å². The Kier molecular flexibility index (Phi) is 5.61. The molecule has 6 heteroatoms. The molecule has 1 aromatic rings. The normalized spacial score (nSPS) is 22.3. The number of ether oxygens (including phenoxy) is 1. The van der Waals surface area contributed by atoms with E-state index in [9.17, 15) is 4.79 Å². The van der Waals surface area contributed by atoms with Gasteiger partial charge in [0.2, 0.25) is 0 Å². The first-order chi connectivity index (χ1) is 10.1. The van der Waals surface area contributed by atoms with Gasteiger partial charge in [0.05, 0.1) is 18.0 Å². The zero-order chi connectivity index (χ0) is 15.2. The Morgan fingerprint density at radius 1 is 1.52 bits per heavy atom. The van der Waals surface area contributed by atoms with E-state index in [4.69, 9.17) is 4.74 Å². The quantitative estimate of drug-likeness (QED) is 0.877. The summed E-state index contributed by atoms with van der Waals surface area (Å²) < 4.78 is 7.53. The van der Waals surface area contributed by atoms with Crippen LogP contribution in [0.4, 0.5) is 10.5 Å². The van der Waals surface area contributed by atoms with Crippen LogP contribution in [-0.2, 0) is 11.8 Å². The molecule has 1 aromatic heterocycles. The van der Waals surface area contributed by atoms with Crippen LogP contribution >= 0.6 is 0 Å². The van der Waals surface area contributed by atoms with Crippen molar-refractivity contribution >= 4 is 11.7 Å². The number of nitrogens with one attached hydrogen (secondary N) is 2. The highest BCUT2D eigenvalue weighted by atomic mass is 16.5. The number of nitrogens with zero attached hydrogens (tertiary/aromatic N) is 2. The molecule has 21 heavy (non-hydrogen) atoms. The number of urea groups is 1. The third kappa shape index (κ3) is 4.46. The predicted molar refractivity (Wildman–Crippen MR) is 82.2 cm³/mol. The fourth-order valence-corrected chi connectivity index (χ4v) is 2.94. The molecule has 0 bridgehead atoms. The van der Waals surface area contributed by atoms with E-state index < -0.39 is 0 Å². The second-order valence-electron chi connectivity index (χ2n) is 5.71. The number of rotatable bonds is 5. The van der Waals surface area contributed by atoms with Crippen molar-refractivity contribution in [3.63, 3.8) is 0 Å². The average molecular weight is 294 g/mol. The van der Waals surface area contributed by atoms with Gasteiger partial charge >= 0.3 is 6.03 Å². The number of aromatic nitrogens is 2. The Balaban J connectivity index is 1.83. The van der Waals surface area contributed by atoms with Crippen LogP contribution in [0.2, 0.25) is 0 Å². The molecule has 0 unspecified atom stereocenters. The molecule has 2 amide bonds. The minimum atomic E-state index is -0.168. The Morgan fingerprint density at radius 2 is 2.29 bits per heavy atom. The van der Waals surface area contributed by atoms with Gasteiger partial charge in [0, 0.05) is 25.9 Å². The Hall–Kier alpha value is -1.56. The summed E-state index contributed by atoms with van der Waals surface area (Å²) in [5.41, 5.74) is 0.707. The van der Waals surface area contributed by atoms with Crippen molar-refractivity contribution in [3.8, 4) is 0 Å². The largest absolute Gasteiger partial charge is 0.378 e. The third-order valence-corrected chi connectivity index (χ3v) is 4.19. The fraction of sp³-hybridized carbons (Fsp3) is 0.733. The SMILES string of the molecule is CCC(CC)[C@@H]1C[C@@H](NC(=O)Nc2cnn(C)c2)CCO1. The topological polar surface area (TPSA) is 68.2 Å². The van der Waals surface area contributed by atoms with Crippen LogP contribution in [0.1, 0.15) is 39.5 Å². The highest BCUT2D eigenvalue weighted by Gasteiger charge is 2.28. The molecule has 0 radical (unpaired) electrons. The average Bonchev–Trinajstić information content (AvgIpc) is 2.85. The number of anilines is 1. The van der Waals surface area contributed by atoms with E-state index in [1.165, 1.54) is 0 Å². The maximum absolute atomic E-state index is 12.0. The molecule has 0 aliphatic carbocycles. The molecule has 1 fully saturated rings. The van der Waals surface area contributed by atoms with Gasteiger partial charge in [-0.05, 0) is 18.8 Å². The van der Waals surface area contributed by atoms with Gasteiger partial charge in [-0.2, -0.15) is 5.10 Å². The summed E-state index contributed by atoms with van der Waals surface area (Å²) in [7, 11) is 1.82. The van der Waals surface area contributed by atoms with Gasteiger partial charge in [-0.25, -0.2) is 4.79 Å². The molecular formula is C15H26N4O2. The summed E-state index contributed by atoms with van der Waals surface area (Å²) in [5, 5.41) is 9.88. The van der Waals surface area contributed by atoms with Crippen molar-refractivity contribution in [1.82, 2.24) is 15.1 Å². The predicted octanol–water partition coefficient (Wildman–Crippen LogP) is 2.53. The number of carbonyl (C=O) groups excluding carboxylic acids is 1. The fourth-order valence-electron chi connectivity index (χ4n) is 2.94. The number of amides is 2. The molecule has 0 saturated carbocycles. The molecular weight excluding hydrogens is 268 g/mol. The lowest BCUT2D eigenvalue weighted by Crippen LogP contribution is -2.45. The first-order valence-corrected chi connectivity index (χ1v) is 7.80. The van der Waals surface area contributed by atoms with Crippen LogP contribution in [0.3, 0.4) is 0 Å². The summed E-state index contributed by atoms with van der Waals surface area (Å²) in [6.45, 7) is 5.12. The Bertz CT molecular complexity index is 456. The van der Waals surface area contributed by atoms with Crippen LogP contribution in [0.25, 0.3) is 0 Å². The summed E-state index contributed by atoms with van der Waals surface area (Å²) in [5.74, 6) is 0.580. The van der Waals surface area contributed by atoms with Crippen LogP contribution in [0, 0.1) is 5.92 Å². The van der Waals surface area contributed by atoms with Gasteiger partial charge in [-0.1, -0.05) is 26.7 Å². The van der Waals surface area contributed by atoms with Crippen LogP contribution in [-0.4, -0.2) is 34.6 Å². The van der Waals surface area contributed by atoms with Crippen molar-refractivity contribution in [2.75, 3.05) is 11.9 Å². The van der Waals surface area contributed by atoms with Crippen molar-refractivity contribution in [2.45, 2.75) is 51.7 Å². The van der Waals surface area contributed by atoms with E-state index in [2.05, 4.69) is 29.6 Å². The smallest absolute Gasteiger partial charge is 0.319 e. The molecule has 0 aromatic carbocycles. The van der Waals surface area contributed by atoms with Crippen molar-refractivity contribution in [2.24, 2.45) is 13.0 Å². The third-order valence-electron chi connectivity index (χ3n) is 4.19. The lowest BCUT2D eigenvalue weighted by atomic mass is 9.89. The van der Waals surface area contributed by atoms with E-state index in [1.54, 1.807) is 17.1 Å². The summed E-state index contributed by atoms with van der Waals surface area (Å²) in [6, 6.07) is 0.0132. The van der Waals surface area contributed by atoms with E-state index >= 15 is 0 Å². The molecule has 2 heterocycles. The summed E-state index contributed by atoms with van der Waals surface area (Å²) >= 11 is 0. The first-order valence-electron chi connectivity index (χ1n) is 7.80. The number of aryl methyl sites for hydroxylation is 1. The zero-order valence-electron chi connectivity index (χ0n) is 13.1. The molecule has 2 rings (SSSR count). The minimum Gasteiger partial charge on any atom is -0.378 e. The molecule has 1 saturated heterocycles. The second-order valence-corrected chi connectivity index (χ2v) is 5.71. The molecule has 1 aliphatic heterocycles. The van der Waals surface area contributed by atoms with Crippen LogP contribution < -0.4 is 10.6 Å². The van der Waals surface area contributed by atoms with Crippen molar-refractivity contribution in [1.29, 1.82) is 0 Å². The summed E-state index contributed by atoms with van der Waals surface area (Å²) in [6.07, 6.45) is 7.68.